The normalized spacial score (nSPS) is 10.0. The van der Waals surface area contributed by atoms with Crippen molar-refractivity contribution < 1.29 is 23.5 Å². The Morgan fingerprint density at radius 2 is 1.76 bits per heavy atom. The summed E-state index contributed by atoms with van der Waals surface area (Å²) in [7, 11) is 1.22. The van der Waals surface area contributed by atoms with E-state index < -0.39 is 23.6 Å². The van der Waals surface area contributed by atoms with Crippen LogP contribution in [-0.4, -0.2) is 31.4 Å². The van der Waals surface area contributed by atoms with Crippen molar-refractivity contribution in [2.45, 2.75) is 0 Å². The van der Waals surface area contributed by atoms with Gasteiger partial charge in [-0.2, -0.15) is 0 Å². The predicted octanol–water partition coefficient (Wildman–Crippen LogP) is 2.63. The topological polar surface area (TPSA) is 84.5 Å². The molecule has 0 heterocycles. The molecule has 0 saturated carbocycles. The molecule has 2 aromatic carbocycles. The number of amides is 2. The minimum Gasteiger partial charge on any atom is -0.468 e. The Labute approximate surface area is 147 Å². The maximum Gasteiger partial charge on any atom is 0.325 e. The Morgan fingerprint density at radius 3 is 2.36 bits per heavy atom. The smallest absolute Gasteiger partial charge is 0.325 e. The number of hydrogen-bond donors (Lipinski definition) is 2. The number of anilines is 1. The van der Waals surface area contributed by atoms with Gasteiger partial charge in [-0.05, 0) is 42.5 Å². The minimum absolute atomic E-state index is 0.00342. The van der Waals surface area contributed by atoms with Gasteiger partial charge >= 0.3 is 5.97 Å². The molecule has 130 valence electrons. The fraction of sp³-hybridized carbons (Fsp3) is 0.118. The first-order chi connectivity index (χ1) is 11.9. The molecule has 0 atom stereocenters. The molecule has 8 heteroatoms. The van der Waals surface area contributed by atoms with E-state index in [-0.39, 0.29) is 17.1 Å². The van der Waals surface area contributed by atoms with Crippen molar-refractivity contribution in [3.8, 4) is 0 Å². The van der Waals surface area contributed by atoms with Gasteiger partial charge in [-0.3, -0.25) is 14.4 Å². The summed E-state index contributed by atoms with van der Waals surface area (Å²) in [5.74, 6) is -2.06. The third-order valence-electron chi connectivity index (χ3n) is 3.20. The van der Waals surface area contributed by atoms with Crippen molar-refractivity contribution in [1.29, 1.82) is 0 Å². The SMILES string of the molecule is COC(=O)CNC(=O)c1ccc(NC(=O)c2ccc(F)cc2Cl)cc1. The number of benzene rings is 2. The quantitative estimate of drug-likeness (QED) is 0.799. The molecule has 2 N–H and O–H groups in total. The van der Waals surface area contributed by atoms with Crippen molar-refractivity contribution in [1.82, 2.24) is 5.32 Å². The van der Waals surface area contributed by atoms with Crippen LogP contribution in [0.3, 0.4) is 0 Å². The van der Waals surface area contributed by atoms with Crippen LogP contribution in [-0.2, 0) is 9.53 Å². The lowest BCUT2D eigenvalue weighted by atomic mass is 10.1. The molecule has 2 rings (SSSR count). The van der Waals surface area contributed by atoms with E-state index in [1.54, 1.807) is 0 Å². The maximum absolute atomic E-state index is 13.0. The van der Waals surface area contributed by atoms with Gasteiger partial charge in [-0.25, -0.2) is 4.39 Å². The van der Waals surface area contributed by atoms with Crippen LogP contribution >= 0.6 is 11.6 Å². The van der Waals surface area contributed by atoms with E-state index in [1.165, 1.54) is 37.4 Å². The first kappa shape index (κ1) is 18.4. The van der Waals surface area contributed by atoms with E-state index in [0.29, 0.717) is 11.3 Å². The molecule has 2 aromatic rings. The number of ether oxygens (including phenoxy) is 1. The van der Waals surface area contributed by atoms with Crippen molar-refractivity contribution >= 4 is 35.1 Å². The standard InChI is InChI=1S/C17H14ClFN2O4/c1-25-15(22)9-20-16(23)10-2-5-12(6-3-10)21-17(24)13-7-4-11(19)8-14(13)18/h2-8H,9H2,1H3,(H,20,23)(H,21,24). The molecule has 2 amide bonds. The Kier molecular flexibility index (Phi) is 6.08. The summed E-state index contributed by atoms with van der Waals surface area (Å²) in [5, 5.41) is 4.98. The molecule has 0 unspecified atom stereocenters. The number of esters is 1. The summed E-state index contributed by atoms with van der Waals surface area (Å²) >= 11 is 5.84. The fourth-order valence-corrected chi connectivity index (χ4v) is 2.16. The average Bonchev–Trinajstić information content (AvgIpc) is 2.59. The Bertz CT molecular complexity index is 809. The van der Waals surface area contributed by atoms with Crippen LogP contribution in [0.5, 0.6) is 0 Å². The van der Waals surface area contributed by atoms with Gasteiger partial charge in [0.25, 0.3) is 11.8 Å². The summed E-state index contributed by atoms with van der Waals surface area (Å²) in [6.07, 6.45) is 0. The monoisotopic (exact) mass is 364 g/mol. The highest BCUT2D eigenvalue weighted by Gasteiger charge is 2.12. The van der Waals surface area contributed by atoms with E-state index in [2.05, 4.69) is 15.4 Å². The number of hydrogen-bond acceptors (Lipinski definition) is 4. The molecule has 0 aliphatic rings. The fourth-order valence-electron chi connectivity index (χ4n) is 1.90. The summed E-state index contributed by atoms with van der Waals surface area (Å²) < 4.78 is 17.4. The summed E-state index contributed by atoms with van der Waals surface area (Å²) in [5.41, 5.74) is 0.861. The summed E-state index contributed by atoms with van der Waals surface area (Å²) in [6, 6.07) is 9.45. The second-order valence-corrected chi connectivity index (χ2v) is 5.32. The van der Waals surface area contributed by atoms with E-state index >= 15 is 0 Å². The van der Waals surface area contributed by atoms with Crippen molar-refractivity contribution in [2.24, 2.45) is 0 Å². The highest BCUT2D eigenvalue weighted by atomic mass is 35.5. The maximum atomic E-state index is 13.0. The van der Waals surface area contributed by atoms with Gasteiger partial charge in [0, 0.05) is 11.3 Å². The zero-order valence-electron chi connectivity index (χ0n) is 13.1. The Morgan fingerprint density at radius 1 is 1.08 bits per heavy atom. The number of rotatable bonds is 5. The van der Waals surface area contributed by atoms with Crippen molar-refractivity contribution in [3.05, 3.63) is 64.4 Å². The van der Waals surface area contributed by atoms with Crippen LogP contribution in [0.15, 0.2) is 42.5 Å². The lowest BCUT2D eigenvalue weighted by Gasteiger charge is -2.08. The van der Waals surface area contributed by atoms with E-state index in [4.69, 9.17) is 11.6 Å². The zero-order valence-corrected chi connectivity index (χ0v) is 13.9. The van der Waals surface area contributed by atoms with Gasteiger partial charge in [0.05, 0.1) is 17.7 Å². The van der Waals surface area contributed by atoms with Gasteiger partial charge in [0.2, 0.25) is 0 Å². The molecule has 6 nitrogen and oxygen atoms in total. The molecule has 0 aromatic heterocycles. The number of carbonyl (C=O) groups excluding carboxylic acids is 3. The van der Waals surface area contributed by atoms with E-state index in [1.807, 2.05) is 0 Å². The molecule has 0 fully saturated rings. The summed E-state index contributed by atoms with van der Waals surface area (Å²) in [4.78, 5) is 35.0. The number of nitrogens with one attached hydrogen (secondary N) is 2. The number of methoxy groups -OCH3 is 1. The number of halogens is 2. The van der Waals surface area contributed by atoms with Gasteiger partial charge < -0.3 is 15.4 Å². The van der Waals surface area contributed by atoms with Crippen LogP contribution in [0.4, 0.5) is 10.1 Å². The van der Waals surface area contributed by atoms with Gasteiger partial charge in [-0.1, -0.05) is 11.6 Å². The van der Waals surface area contributed by atoms with Gasteiger partial charge in [0.1, 0.15) is 12.4 Å². The predicted molar refractivity (Wildman–Crippen MR) is 90.2 cm³/mol. The lowest BCUT2D eigenvalue weighted by molar-refractivity contribution is -0.139. The second kappa shape index (κ2) is 8.25. The van der Waals surface area contributed by atoms with E-state index in [9.17, 15) is 18.8 Å². The van der Waals surface area contributed by atoms with Crippen LogP contribution in [0, 0.1) is 5.82 Å². The molecule has 0 saturated heterocycles. The molecule has 0 bridgehead atoms. The van der Waals surface area contributed by atoms with Crippen LogP contribution in [0.25, 0.3) is 0 Å². The third kappa shape index (κ3) is 5.02. The van der Waals surface area contributed by atoms with Crippen LogP contribution < -0.4 is 10.6 Å². The van der Waals surface area contributed by atoms with Gasteiger partial charge in [0.15, 0.2) is 0 Å². The average molecular weight is 365 g/mol. The van der Waals surface area contributed by atoms with Gasteiger partial charge in [-0.15, -0.1) is 0 Å². The van der Waals surface area contributed by atoms with Crippen molar-refractivity contribution in [3.63, 3.8) is 0 Å². The second-order valence-electron chi connectivity index (χ2n) is 4.91. The first-order valence-corrected chi connectivity index (χ1v) is 7.50. The Hall–Kier alpha value is -2.93. The third-order valence-corrected chi connectivity index (χ3v) is 3.51. The molecular weight excluding hydrogens is 351 g/mol. The highest BCUT2D eigenvalue weighted by Crippen LogP contribution is 2.19. The first-order valence-electron chi connectivity index (χ1n) is 7.12. The lowest BCUT2D eigenvalue weighted by Crippen LogP contribution is -2.30. The van der Waals surface area contributed by atoms with Crippen molar-refractivity contribution in [2.75, 3.05) is 19.0 Å². The zero-order chi connectivity index (χ0) is 18.4. The Balaban J connectivity index is 2.01. The highest BCUT2D eigenvalue weighted by molar-refractivity contribution is 6.34. The number of carbonyl (C=O) groups is 3. The van der Waals surface area contributed by atoms with E-state index in [0.717, 1.165) is 12.1 Å². The largest absolute Gasteiger partial charge is 0.468 e. The molecular formula is C17H14ClFN2O4. The van der Waals surface area contributed by atoms with Crippen LogP contribution in [0.1, 0.15) is 20.7 Å². The molecule has 0 aliphatic heterocycles. The molecule has 0 radical (unpaired) electrons. The molecule has 25 heavy (non-hydrogen) atoms. The van der Waals surface area contributed by atoms with Crippen LogP contribution in [0.2, 0.25) is 5.02 Å². The molecule has 0 spiro atoms. The summed E-state index contributed by atoms with van der Waals surface area (Å²) in [6.45, 7) is -0.239. The minimum atomic E-state index is -0.562. The molecule has 0 aliphatic carbocycles.